The van der Waals surface area contributed by atoms with Gasteiger partial charge in [0.15, 0.2) is 0 Å². The minimum Gasteiger partial charge on any atom is -0.478 e. The van der Waals surface area contributed by atoms with Gasteiger partial charge >= 0.3 is 5.97 Å². The van der Waals surface area contributed by atoms with Crippen LogP contribution in [0.1, 0.15) is 15.9 Å². The lowest BCUT2D eigenvalue weighted by molar-refractivity contribution is 0.0696. The van der Waals surface area contributed by atoms with Crippen LogP contribution in [0.2, 0.25) is 0 Å². The predicted octanol–water partition coefficient (Wildman–Crippen LogP) is 2.16. The molecular weight excluding hydrogens is 319 g/mol. The minimum absolute atomic E-state index is 0.141. The topological polar surface area (TPSA) is 60.9 Å². The molecule has 0 unspecified atom stereocenters. The first-order valence-electron chi connectivity index (χ1n) is 7.31. The van der Waals surface area contributed by atoms with Crippen LogP contribution in [0.3, 0.4) is 0 Å². The number of carboxylic acids is 1. The van der Waals surface area contributed by atoms with Gasteiger partial charge in [-0.3, -0.25) is 4.79 Å². The summed E-state index contributed by atoms with van der Waals surface area (Å²) in [4.78, 5) is 27.5. The third kappa shape index (κ3) is 2.70. The molecule has 0 radical (unpaired) electrons. The summed E-state index contributed by atoms with van der Waals surface area (Å²) in [6, 6.07) is 1.18. The van der Waals surface area contributed by atoms with E-state index in [1.54, 1.807) is 6.92 Å². The van der Waals surface area contributed by atoms with E-state index >= 15 is 0 Å². The highest BCUT2D eigenvalue weighted by Gasteiger charge is 2.23. The summed E-state index contributed by atoms with van der Waals surface area (Å²) in [7, 11) is 2.03. The largest absolute Gasteiger partial charge is 0.478 e. The molecule has 5 nitrogen and oxygen atoms in total. The molecule has 23 heavy (non-hydrogen) atoms. The van der Waals surface area contributed by atoms with Gasteiger partial charge in [-0.1, -0.05) is 0 Å². The number of anilines is 1. The Labute approximate surface area is 136 Å². The molecule has 7 heteroatoms. The van der Waals surface area contributed by atoms with Crippen molar-refractivity contribution in [2.24, 2.45) is 0 Å². The van der Waals surface area contributed by atoms with Gasteiger partial charge in [0.1, 0.15) is 11.4 Å². The number of hydrogen-bond acceptors (Lipinski definition) is 5. The number of halogens is 1. The zero-order valence-corrected chi connectivity index (χ0v) is 13.7. The summed E-state index contributed by atoms with van der Waals surface area (Å²) >= 11 is 1.18. The molecule has 3 rings (SSSR count). The van der Waals surface area contributed by atoms with Gasteiger partial charge in [0, 0.05) is 41.6 Å². The van der Waals surface area contributed by atoms with Crippen LogP contribution in [-0.4, -0.2) is 49.2 Å². The molecule has 1 saturated heterocycles. The highest BCUT2D eigenvalue weighted by molar-refractivity contribution is 7.17. The monoisotopic (exact) mass is 336 g/mol. The molecule has 0 bridgehead atoms. The Kier molecular flexibility index (Phi) is 4.08. The van der Waals surface area contributed by atoms with Gasteiger partial charge in [-0.2, -0.15) is 0 Å². The Hall–Kier alpha value is -1.99. The normalized spacial score (nSPS) is 16.0. The molecule has 0 spiro atoms. The van der Waals surface area contributed by atoms with E-state index in [0.29, 0.717) is 16.0 Å². The van der Waals surface area contributed by atoms with Gasteiger partial charge in [0.05, 0.1) is 5.69 Å². The number of hydrogen-bond donors (Lipinski definition) is 1. The first kappa shape index (κ1) is 15.9. The first-order valence-corrected chi connectivity index (χ1v) is 8.19. The summed E-state index contributed by atoms with van der Waals surface area (Å²) < 4.78 is 15.3. The Bertz CT molecular complexity index is 841. The number of carboxylic acid groups (broad SMARTS) is 1. The molecule has 0 saturated carbocycles. The van der Waals surface area contributed by atoms with Gasteiger partial charge in [-0.25, -0.2) is 9.18 Å². The van der Waals surface area contributed by atoms with Gasteiger partial charge in [-0.15, -0.1) is 11.3 Å². The van der Waals surface area contributed by atoms with Gasteiger partial charge in [0.2, 0.25) is 5.43 Å². The standard InChI is InChI=1S/C16H17FN2O3S/c1-9-13(19-5-3-18(2)4-6-19)12(17)7-10-14(20)11(16(21)22)8-23-15(9)10/h7-8H,3-6H2,1-2H3,(H,21,22). The molecule has 0 amide bonds. The molecule has 1 aliphatic rings. The Morgan fingerprint density at radius 3 is 2.57 bits per heavy atom. The van der Waals surface area contributed by atoms with Crippen LogP contribution in [0.15, 0.2) is 16.2 Å². The summed E-state index contributed by atoms with van der Waals surface area (Å²) in [6.45, 7) is 4.94. The minimum atomic E-state index is -1.28. The van der Waals surface area contributed by atoms with E-state index in [1.807, 2.05) is 11.9 Å². The van der Waals surface area contributed by atoms with Crippen LogP contribution in [0.5, 0.6) is 0 Å². The van der Waals surface area contributed by atoms with E-state index in [0.717, 1.165) is 26.2 Å². The van der Waals surface area contributed by atoms with Gasteiger partial charge < -0.3 is 14.9 Å². The van der Waals surface area contributed by atoms with Crippen LogP contribution in [0, 0.1) is 12.7 Å². The molecule has 1 aliphatic heterocycles. The van der Waals surface area contributed by atoms with Crippen molar-refractivity contribution in [3.8, 4) is 0 Å². The second-order valence-electron chi connectivity index (χ2n) is 5.78. The third-order valence-corrected chi connectivity index (χ3v) is 5.39. The molecule has 1 fully saturated rings. The van der Waals surface area contributed by atoms with Crippen molar-refractivity contribution in [1.82, 2.24) is 4.90 Å². The zero-order valence-electron chi connectivity index (χ0n) is 12.9. The van der Waals surface area contributed by atoms with Crippen LogP contribution in [-0.2, 0) is 0 Å². The lowest BCUT2D eigenvalue weighted by atomic mass is 10.1. The third-order valence-electron chi connectivity index (χ3n) is 4.27. The molecule has 2 heterocycles. The predicted molar refractivity (Wildman–Crippen MR) is 89.5 cm³/mol. The highest BCUT2D eigenvalue weighted by atomic mass is 32.1. The first-order chi connectivity index (χ1) is 10.9. The van der Waals surface area contributed by atoms with E-state index in [-0.39, 0.29) is 10.9 Å². The van der Waals surface area contributed by atoms with Crippen molar-refractivity contribution in [2.45, 2.75) is 6.92 Å². The summed E-state index contributed by atoms with van der Waals surface area (Å²) in [6.07, 6.45) is 0. The fourth-order valence-electron chi connectivity index (χ4n) is 2.95. The number of likely N-dealkylation sites (N-methyl/N-ethyl adjacent to an activating group) is 1. The Morgan fingerprint density at radius 2 is 1.96 bits per heavy atom. The molecule has 2 aromatic rings. The van der Waals surface area contributed by atoms with Crippen molar-refractivity contribution < 1.29 is 14.3 Å². The zero-order chi connectivity index (χ0) is 16.7. The number of carbonyl (C=O) groups is 1. The molecule has 1 N–H and O–H groups in total. The number of fused-ring (bicyclic) bond motifs is 1. The molecule has 1 aromatic heterocycles. The van der Waals surface area contributed by atoms with Crippen LogP contribution >= 0.6 is 11.3 Å². The second-order valence-corrected chi connectivity index (χ2v) is 6.66. The number of aromatic carboxylic acids is 1. The van der Waals surface area contributed by atoms with E-state index in [9.17, 15) is 14.0 Å². The Balaban J connectivity index is 2.17. The van der Waals surface area contributed by atoms with Crippen LogP contribution in [0.4, 0.5) is 10.1 Å². The average Bonchev–Trinajstić information content (AvgIpc) is 2.50. The quantitative estimate of drug-likeness (QED) is 0.911. The summed E-state index contributed by atoms with van der Waals surface area (Å²) in [5.41, 5.74) is 0.278. The van der Waals surface area contributed by atoms with Crippen LogP contribution in [0.25, 0.3) is 10.1 Å². The smallest absolute Gasteiger partial charge is 0.340 e. The van der Waals surface area contributed by atoms with Crippen molar-refractivity contribution in [3.63, 3.8) is 0 Å². The fourth-order valence-corrected chi connectivity index (χ4v) is 3.95. The van der Waals surface area contributed by atoms with E-state index in [2.05, 4.69) is 4.90 Å². The van der Waals surface area contributed by atoms with Crippen molar-refractivity contribution in [1.29, 1.82) is 0 Å². The van der Waals surface area contributed by atoms with E-state index in [1.165, 1.54) is 22.8 Å². The maximum absolute atomic E-state index is 14.6. The fraction of sp³-hybridized carbons (Fsp3) is 0.375. The van der Waals surface area contributed by atoms with Gasteiger partial charge in [-0.05, 0) is 25.6 Å². The number of rotatable bonds is 2. The SMILES string of the molecule is Cc1c(N2CCN(C)CC2)c(F)cc2c(=O)c(C(=O)O)csc12. The average molecular weight is 336 g/mol. The maximum atomic E-state index is 14.6. The van der Waals surface area contributed by atoms with Crippen molar-refractivity contribution in [3.05, 3.63) is 38.6 Å². The molecule has 1 aromatic carbocycles. The van der Waals surface area contributed by atoms with E-state index in [4.69, 9.17) is 5.11 Å². The lowest BCUT2D eigenvalue weighted by Gasteiger charge is -2.35. The second kappa shape index (κ2) is 5.90. The summed E-state index contributed by atoms with van der Waals surface area (Å²) in [5.74, 6) is -1.75. The van der Waals surface area contributed by atoms with Crippen LogP contribution < -0.4 is 10.3 Å². The number of nitrogens with zero attached hydrogens (tertiary/aromatic N) is 2. The molecular formula is C16H17FN2O3S. The molecule has 0 aliphatic carbocycles. The molecule has 0 atom stereocenters. The van der Waals surface area contributed by atoms with E-state index < -0.39 is 17.2 Å². The molecule has 122 valence electrons. The maximum Gasteiger partial charge on any atom is 0.340 e. The number of piperazine rings is 1. The summed E-state index contributed by atoms with van der Waals surface area (Å²) in [5, 5.41) is 10.5. The lowest BCUT2D eigenvalue weighted by Crippen LogP contribution is -2.45. The van der Waals surface area contributed by atoms with Gasteiger partial charge in [0.25, 0.3) is 0 Å². The number of benzene rings is 1. The van der Waals surface area contributed by atoms with Crippen molar-refractivity contribution in [2.75, 3.05) is 38.1 Å². The highest BCUT2D eigenvalue weighted by Crippen LogP contribution is 2.33. The number of aryl methyl sites for hydroxylation is 1. The Morgan fingerprint density at radius 1 is 1.30 bits per heavy atom. The van der Waals surface area contributed by atoms with Crippen molar-refractivity contribution >= 4 is 33.1 Å².